The first-order valence-electron chi connectivity index (χ1n) is 3.90. The molecule has 0 aliphatic carbocycles. The third-order valence-corrected chi connectivity index (χ3v) is 3.04. The standard InChI is InChI=1S/C6H13N5OS/c1-4(7)5(3-12)13-6-8-9-10-11(6)2/h4-5,12H,3,7H2,1-2H3. The lowest BCUT2D eigenvalue weighted by atomic mass is 10.3. The second kappa shape index (κ2) is 4.54. The number of aliphatic hydroxyl groups is 1. The number of aryl methyl sites for hydroxylation is 1. The Bertz CT molecular complexity index is 263. The lowest BCUT2D eigenvalue weighted by Gasteiger charge is -2.15. The first-order valence-corrected chi connectivity index (χ1v) is 4.78. The summed E-state index contributed by atoms with van der Waals surface area (Å²) in [7, 11) is 1.75. The molecule has 0 saturated carbocycles. The van der Waals surface area contributed by atoms with Crippen LogP contribution < -0.4 is 5.73 Å². The number of hydrogen-bond donors (Lipinski definition) is 2. The largest absolute Gasteiger partial charge is 0.395 e. The van der Waals surface area contributed by atoms with Crippen molar-refractivity contribution in [1.29, 1.82) is 0 Å². The predicted octanol–water partition coefficient (Wildman–Crippen LogP) is -0.990. The molecule has 74 valence electrons. The second-order valence-electron chi connectivity index (χ2n) is 2.78. The lowest BCUT2D eigenvalue weighted by Crippen LogP contribution is -2.32. The van der Waals surface area contributed by atoms with Crippen molar-refractivity contribution in [3.8, 4) is 0 Å². The fraction of sp³-hybridized carbons (Fsp3) is 0.833. The molecule has 0 radical (unpaired) electrons. The van der Waals surface area contributed by atoms with Crippen LogP contribution in [0.15, 0.2) is 5.16 Å². The summed E-state index contributed by atoms with van der Waals surface area (Å²) in [5.74, 6) is 0. The van der Waals surface area contributed by atoms with Crippen LogP contribution in [0.4, 0.5) is 0 Å². The van der Waals surface area contributed by atoms with E-state index in [1.165, 1.54) is 11.8 Å². The molecule has 0 aromatic carbocycles. The highest BCUT2D eigenvalue weighted by Gasteiger charge is 2.17. The highest BCUT2D eigenvalue weighted by Crippen LogP contribution is 2.20. The molecule has 0 saturated heterocycles. The molecule has 1 aromatic rings. The van der Waals surface area contributed by atoms with E-state index in [0.717, 1.165) is 0 Å². The van der Waals surface area contributed by atoms with Crippen LogP contribution in [0.5, 0.6) is 0 Å². The van der Waals surface area contributed by atoms with Crippen molar-refractivity contribution in [3.05, 3.63) is 0 Å². The summed E-state index contributed by atoms with van der Waals surface area (Å²) in [6, 6.07) is -0.0910. The summed E-state index contributed by atoms with van der Waals surface area (Å²) in [4.78, 5) is 0. The van der Waals surface area contributed by atoms with Crippen LogP contribution in [0.2, 0.25) is 0 Å². The van der Waals surface area contributed by atoms with Gasteiger partial charge in [0.1, 0.15) is 0 Å². The van der Waals surface area contributed by atoms with E-state index in [2.05, 4.69) is 15.5 Å². The third kappa shape index (κ3) is 2.64. The van der Waals surface area contributed by atoms with Gasteiger partial charge in [-0.2, -0.15) is 0 Å². The van der Waals surface area contributed by atoms with Gasteiger partial charge in [0.2, 0.25) is 5.16 Å². The van der Waals surface area contributed by atoms with Gasteiger partial charge in [-0.15, -0.1) is 5.10 Å². The molecule has 2 atom stereocenters. The summed E-state index contributed by atoms with van der Waals surface area (Å²) in [5.41, 5.74) is 5.66. The number of nitrogens with two attached hydrogens (primary N) is 1. The molecule has 1 heterocycles. The Hall–Kier alpha value is -0.660. The summed E-state index contributed by atoms with van der Waals surface area (Å²) < 4.78 is 1.55. The van der Waals surface area contributed by atoms with Crippen molar-refractivity contribution >= 4 is 11.8 Å². The zero-order valence-electron chi connectivity index (χ0n) is 7.58. The quantitative estimate of drug-likeness (QED) is 0.611. The summed E-state index contributed by atoms with van der Waals surface area (Å²) in [5, 5.41) is 20.6. The normalized spacial score (nSPS) is 15.7. The summed E-state index contributed by atoms with van der Waals surface area (Å²) in [6.45, 7) is 1.87. The van der Waals surface area contributed by atoms with Gasteiger partial charge in [-0.05, 0) is 17.4 Å². The minimum atomic E-state index is -0.0910. The average Bonchev–Trinajstić information content (AvgIpc) is 2.46. The van der Waals surface area contributed by atoms with E-state index in [9.17, 15) is 0 Å². The van der Waals surface area contributed by atoms with E-state index >= 15 is 0 Å². The topological polar surface area (TPSA) is 89.8 Å². The number of tetrazole rings is 1. The second-order valence-corrected chi connectivity index (χ2v) is 3.99. The fourth-order valence-corrected chi connectivity index (χ4v) is 1.60. The number of nitrogens with zero attached hydrogens (tertiary/aromatic N) is 4. The Morgan fingerprint density at radius 2 is 2.38 bits per heavy atom. The van der Waals surface area contributed by atoms with Crippen molar-refractivity contribution in [1.82, 2.24) is 20.2 Å². The number of thioether (sulfide) groups is 1. The Kier molecular flexibility index (Phi) is 3.64. The molecule has 3 N–H and O–H groups in total. The van der Waals surface area contributed by atoms with E-state index in [0.29, 0.717) is 5.16 Å². The maximum Gasteiger partial charge on any atom is 0.209 e. The van der Waals surface area contributed by atoms with E-state index in [1.807, 2.05) is 6.92 Å². The Labute approximate surface area is 80.5 Å². The highest BCUT2D eigenvalue weighted by molar-refractivity contribution is 7.99. The molecule has 2 unspecified atom stereocenters. The van der Waals surface area contributed by atoms with Gasteiger partial charge >= 0.3 is 0 Å². The lowest BCUT2D eigenvalue weighted by molar-refractivity contribution is 0.285. The van der Waals surface area contributed by atoms with Gasteiger partial charge in [0.05, 0.1) is 11.9 Å². The van der Waals surface area contributed by atoms with Crippen LogP contribution in [0, 0.1) is 0 Å². The number of hydrogen-bond acceptors (Lipinski definition) is 6. The van der Waals surface area contributed by atoms with Crippen LogP contribution >= 0.6 is 11.8 Å². The molecule has 1 aromatic heterocycles. The SMILES string of the molecule is CC(N)C(CO)Sc1nnnn1C. The smallest absolute Gasteiger partial charge is 0.209 e. The molecule has 0 spiro atoms. The van der Waals surface area contributed by atoms with Crippen molar-refractivity contribution in [2.75, 3.05) is 6.61 Å². The zero-order chi connectivity index (χ0) is 9.84. The number of aliphatic hydroxyl groups excluding tert-OH is 1. The molecule has 0 aliphatic rings. The van der Waals surface area contributed by atoms with Gasteiger partial charge in [-0.25, -0.2) is 4.68 Å². The van der Waals surface area contributed by atoms with E-state index in [1.54, 1.807) is 11.7 Å². The van der Waals surface area contributed by atoms with Crippen LogP contribution in [0.3, 0.4) is 0 Å². The Morgan fingerprint density at radius 1 is 1.69 bits per heavy atom. The van der Waals surface area contributed by atoms with Gasteiger partial charge in [-0.3, -0.25) is 0 Å². The van der Waals surface area contributed by atoms with E-state index in [4.69, 9.17) is 10.8 Å². The minimum absolute atomic E-state index is 0.0230. The molecule has 0 bridgehead atoms. The van der Waals surface area contributed by atoms with Gasteiger partial charge in [0, 0.05) is 13.1 Å². The van der Waals surface area contributed by atoms with Crippen molar-refractivity contribution in [3.63, 3.8) is 0 Å². The molecule has 0 aliphatic heterocycles. The number of aromatic nitrogens is 4. The average molecular weight is 203 g/mol. The monoisotopic (exact) mass is 203 g/mol. The number of rotatable bonds is 4. The molecule has 1 rings (SSSR count). The molecule has 7 heteroatoms. The molecular formula is C6H13N5OS. The van der Waals surface area contributed by atoms with Crippen LogP contribution in [0.1, 0.15) is 6.92 Å². The Morgan fingerprint density at radius 3 is 2.77 bits per heavy atom. The Balaban J connectivity index is 2.62. The molecule has 0 amide bonds. The molecule has 13 heavy (non-hydrogen) atoms. The van der Waals surface area contributed by atoms with Gasteiger partial charge in [0.25, 0.3) is 0 Å². The summed E-state index contributed by atoms with van der Waals surface area (Å²) >= 11 is 1.38. The molecule has 6 nitrogen and oxygen atoms in total. The minimum Gasteiger partial charge on any atom is -0.395 e. The van der Waals surface area contributed by atoms with E-state index < -0.39 is 0 Å². The molecule has 0 fully saturated rings. The maximum atomic E-state index is 9.01. The maximum absolute atomic E-state index is 9.01. The van der Waals surface area contributed by atoms with E-state index in [-0.39, 0.29) is 17.9 Å². The fourth-order valence-electron chi connectivity index (χ4n) is 0.767. The van der Waals surface area contributed by atoms with Crippen LogP contribution in [-0.2, 0) is 7.05 Å². The first-order chi connectivity index (χ1) is 6.15. The van der Waals surface area contributed by atoms with Crippen molar-refractivity contribution < 1.29 is 5.11 Å². The van der Waals surface area contributed by atoms with Crippen LogP contribution in [0.25, 0.3) is 0 Å². The van der Waals surface area contributed by atoms with Crippen LogP contribution in [-0.4, -0.2) is 43.2 Å². The third-order valence-electron chi connectivity index (χ3n) is 1.60. The van der Waals surface area contributed by atoms with Gasteiger partial charge in [0.15, 0.2) is 0 Å². The highest BCUT2D eigenvalue weighted by atomic mass is 32.2. The van der Waals surface area contributed by atoms with Gasteiger partial charge in [-0.1, -0.05) is 11.8 Å². The van der Waals surface area contributed by atoms with Crippen molar-refractivity contribution in [2.45, 2.75) is 23.4 Å². The van der Waals surface area contributed by atoms with Gasteiger partial charge < -0.3 is 10.8 Å². The van der Waals surface area contributed by atoms with Crippen molar-refractivity contribution in [2.24, 2.45) is 12.8 Å². The molecular weight excluding hydrogens is 190 g/mol. The predicted molar refractivity (Wildman–Crippen MR) is 49.2 cm³/mol. The first kappa shape index (κ1) is 10.4. The summed E-state index contributed by atoms with van der Waals surface area (Å²) in [6.07, 6.45) is 0. The zero-order valence-corrected chi connectivity index (χ0v) is 8.40.